The number of hydrogen-bond acceptors (Lipinski definition) is 7. The highest BCUT2D eigenvalue weighted by Crippen LogP contribution is 2.65. The molecule has 8 rings (SSSR count). The maximum Gasteiger partial charge on any atom is 0.260 e. The third-order valence-corrected chi connectivity index (χ3v) is 11.7. The van der Waals surface area contributed by atoms with Crippen molar-refractivity contribution in [3.8, 4) is 11.5 Å². The van der Waals surface area contributed by atoms with Crippen LogP contribution in [0.5, 0.6) is 11.5 Å². The molecule has 0 spiro atoms. The van der Waals surface area contributed by atoms with E-state index < -0.39 is 58.4 Å². The molecule has 4 aliphatic rings. The van der Waals surface area contributed by atoms with Gasteiger partial charge in [0.25, 0.3) is 11.8 Å². The molecule has 4 aromatic rings. The molecular formula is C40H32Cl2FN3O6. The molecule has 6 atom stereocenters. The number of rotatable bonds is 7. The average molecular weight is 741 g/mol. The third-order valence-electron chi connectivity index (χ3n) is 11.2. The fourth-order valence-corrected chi connectivity index (χ4v) is 9.39. The summed E-state index contributed by atoms with van der Waals surface area (Å²) in [5.74, 6) is -7.45. The van der Waals surface area contributed by atoms with Crippen molar-refractivity contribution in [3.05, 3.63) is 135 Å². The summed E-state index contributed by atoms with van der Waals surface area (Å²) in [6, 6.07) is 24.6. The van der Waals surface area contributed by atoms with Crippen molar-refractivity contribution in [1.82, 2.24) is 9.91 Å². The van der Waals surface area contributed by atoms with Crippen molar-refractivity contribution in [1.29, 1.82) is 0 Å². The Morgan fingerprint density at radius 2 is 1.65 bits per heavy atom. The molecule has 2 N–H and O–H groups in total. The SMILES string of the molecule is COc1ccc([C@@]23C(=O)N(Nc4ccc(Cl)cc4Cl)C(=O)[C@@H]2C[C@@H]2C(=CC[C@@H]4C(=O)N(Cc5ccccc5)C(=O)[C@@H]42)[C@@H]3c2cccc(F)c2O)cc1. The number of amides is 4. The van der Waals surface area contributed by atoms with Crippen LogP contribution in [0.1, 0.15) is 35.4 Å². The van der Waals surface area contributed by atoms with Gasteiger partial charge in [0.1, 0.15) is 5.75 Å². The standard InChI is InChI=1S/C40H32Cl2FN3O6/c1-52-24-13-10-22(11-14-24)40-29(37(49)46(39(40)51)44-32-17-12-23(41)18-30(32)42)19-28-25(34(40)27-8-5-9-31(43)35(27)47)15-16-26-33(28)38(50)45(36(26)48)20-21-6-3-2-4-7-21/h2-15,17-18,26,28-29,33-34,44,47H,16,19-20H2,1H3/t26-,28+,29-,33-,34+,40+/m0/s1. The number of fused-ring (bicyclic) bond motifs is 4. The lowest BCUT2D eigenvalue weighted by atomic mass is 9.49. The number of hydrazine groups is 1. The van der Waals surface area contributed by atoms with Gasteiger partial charge in [-0.3, -0.25) is 29.5 Å². The number of para-hydroxylation sites is 1. The van der Waals surface area contributed by atoms with Gasteiger partial charge in [-0.2, -0.15) is 5.01 Å². The smallest absolute Gasteiger partial charge is 0.260 e. The first-order valence-electron chi connectivity index (χ1n) is 16.9. The molecule has 2 saturated heterocycles. The van der Waals surface area contributed by atoms with Crippen LogP contribution in [0.2, 0.25) is 10.0 Å². The van der Waals surface area contributed by atoms with E-state index in [2.05, 4.69) is 5.43 Å². The van der Waals surface area contributed by atoms with E-state index in [0.29, 0.717) is 21.9 Å². The van der Waals surface area contributed by atoms with E-state index in [1.54, 1.807) is 36.4 Å². The summed E-state index contributed by atoms with van der Waals surface area (Å²) in [4.78, 5) is 59.6. The Morgan fingerprint density at radius 1 is 0.904 bits per heavy atom. The lowest BCUT2D eigenvalue weighted by Crippen LogP contribution is -2.53. The monoisotopic (exact) mass is 739 g/mol. The minimum atomic E-state index is -1.73. The lowest BCUT2D eigenvalue weighted by molar-refractivity contribution is -0.142. The van der Waals surface area contributed by atoms with E-state index >= 15 is 9.18 Å². The Kier molecular flexibility index (Phi) is 8.34. The molecule has 0 aromatic heterocycles. The zero-order valence-corrected chi connectivity index (χ0v) is 29.3. The van der Waals surface area contributed by atoms with Gasteiger partial charge in [0, 0.05) is 16.5 Å². The second-order valence-corrected chi connectivity index (χ2v) is 14.5. The summed E-state index contributed by atoms with van der Waals surface area (Å²) in [7, 11) is 1.50. The number of nitrogens with one attached hydrogen (secondary N) is 1. The van der Waals surface area contributed by atoms with Crippen molar-refractivity contribution in [2.45, 2.75) is 30.7 Å². The highest BCUT2D eigenvalue weighted by molar-refractivity contribution is 6.36. The van der Waals surface area contributed by atoms with Crippen LogP contribution in [0.4, 0.5) is 10.1 Å². The van der Waals surface area contributed by atoms with Gasteiger partial charge in [-0.05, 0) is 66.3 Å². The molecule has 2 aliphatic carbocycles. The fourth-order valence-electron chi connectivity index (χ4n) is 8.94. The first kappa shape index (κ1) is 33.9. The second kappa shape index (κ2) is 12.8. The Bertz CT molecular complexity index is 2180. The van der Waals surface area contributed by atoms with E-state index in [-0.39, 0.29) is 47.5 Å². The topological polar surface area (TPSA) is 116 Å². The van der Waals surface area contributed by atoms with Crippen molar-refractivity contribution in [3.63, 3.8) is 0 Å². The number of allylic oxidation sites excluding steroid dienone is 2. The number of phenols is 1. The summed E-state index contributed by atoms with van der Waals surface area (Å²) in [5, 5.41) is 12.8. The molecule has 0 bridgehead atoms. The number of likely N-dealkylation sites (tertiary alicyclic amines) is 1. The van der Waals surface area contributed by atoms with Crippen LogP contribution in [-0.4, -0.2) is 45.8 Å². The van der Waals surface area contributed by atoms with Crippen molar-refractivity contribution >= 4 is 52.5 Å². The Hall–Kier alpha value is -5.19. The molecule has 2 aliphatic heterocycles. The molecule has 264 valence electrons. The molecule has 0 radical (unpaired) electrons. The number of ether oxygens (including phenoxy) is 1. The molecule has 4 aromatic carbocycles. The molecule has 1 saturated carbocycles. The van der Waals surface area contributed by atoms with Gasteiger partial charge >= 0.3 is 0 Å². The molecule has 3 fully saturated rings. The van der Waals surface area contributed by atoms with E-state index in [4.69, 9.17) is 27.9 Å². The van der Waals surface area contributed by atoms with Gasteiger partial charge in [0.05, 0.1) is 47.5 Å². The van der Waals surface area contributed by atoms with Crippen LogP contribution in [0.15, 0.2) is 103 Å². The van der Waals surface area contributed by atoms with Gasteiger partial charge in [-0.1, -0.05) is 89.4 Å². The van der Waals surface area contributed by atoms with E-state index in [1.165, 1.54) is 30.2 Å². The summed E-state index contributed by atoms with van der Waals surface area (Å²) in [5.41, 5.74) is 3.32. The van der Waals surface area contributed by atoms with Crippen LogP contribution in [-0.2, 0) is 31.1 Å². The zero-order chi connectivity index (χ0) is 36.5. The number of carbonyl (C=O) groups excluding carboxylic acids is 4. The third kappa shape index (κ3) is 5.03. The van der Waals surface area contributed by atoms with Gasteiger partial charge in [0.15, 0.2) is 11.6 Å². The lowest BCUT2D eigenvalue weighted by Gasteiger charge is -2.50. The van der Waals surface area contributed by atoms with Crippen molar-refractivity contribution in [2.24, 2.45) is 23.7 Å². The number of anilines is 1. The number of benzene rings is 4. The number of phenolic OH excluding ortho intramolecular Hbond substituents is 1. The van der Waals surface area contributed by atoms with Crippen LogP contribution in [0.25, 0.3) is 0 Å². The summed E-state index contributed by atoms with van der Waals surface area (Å²) >= 11 is 12.6. The van der Waals surface area contributed by atoms with Crippen molar-refractivity contribution in [2.75, 3.05) is 12.5 Å². The first-order chi connectivity index (χ1) is 25.1. The predicted octanol–water partition coefficient (Wildman–Crippen LogP) is 7.03. The number of imide groups is 2. The Morgan fingerprint density at radius 3 is 2.37 bits per heavy atom. The van der Waals surface area contributed by atoms with E-state index in [0.717, 1.165) is 16.6 Å². The van der Waals surface area contributed by atoms with Gasteiger partial charge in [-0.25, -0.2) is 4.39 Å². The average Bonchev–Trinajstić information content (AvgIpc) is 3.51. The minimum absolute atomic E-state index is 0.0287. The molecule has 4 amide bonds. The Balaban J connectivity index is 1.32. The quantitative estimate of drug-likeness (QED) is 0.154. The molecule has 2 heterocycles. The largest absolute Gasteiger partial charge is 0.505 e. The number of aromatic hydroxyl groups is 1. The van der Waals surface area contributed by atoms with Crippen LogP contribution >= 0.6 is 23.2 Å². The van der Waals surface area contributed by atoms with Crippen LogP contribution in [0.3, 0.4) is 0 Å². The fraction of sp³-hybridized carbons (Fsp3) is 0.250. The van der Waals surface area contributed by atoms with Gasteiger partial charge < -0.3 is 9.84 Å². The number of hydrogen-bond donors (Lipinski definition) is 2. The second-order valence-electron chi connectivity index (χ2n) is 13.6. The number of halogens is 3. The summed E-state index contributed by atoms with van der Waals surface area (Å²) in [6.45, 7) is 0.0951. The highest BCUT2D eigenvalue weighted by atomic mass is 35.5. The highest BCUT2D eigenvalue weighted by Gasteiger charge is 2.70. The molecule has 12 heteroatoms. The van der Waals surface area contributed by atoms with Crippen molar-refractivity contribution < 1.29 is 33.4 Å². The number of nitrogens with zero attached hydrogens (tertiary/aromatic N) is 2. The minimum Gasteiger partial charge on any atom is -0.505 e. The molecule has 52 heavy (non-hydrogen) atoms. The van der Waals surface area contributed by atoms with Gasteiger partial charge in [-0.15, -0.1) is 0 Å². The van der Waals surface area contributed by atoms with E-state index in [9.17, 15) is 19.5 Å². The summed E-state index contributed by atoms with van der Waals surface area (Å²) in [6.07, 6.45) is 2.07. The normalized spacial score (nSPS) is 26.5. The molecular weight excluding hydrogens is 708 g/mol. The number of carbonyl (C=O) groups is 4. The molecule has 9 nitrogen and oxygen atoms in total. The predicted molar refractivity (Wildman–Crippen MR) is 191 cm³/mol. The zero-order valence-electron chi connectivity index (χ0n) is 27.8. The summed E-state index contributed by atoms with van der Waals surface area (Å²) < 4.78 is 20.8. The van der Waals surface area contributed by atoms with Crippen LogP contribution < -0.4 is 10.2 Å². The van der Waals surface area contributed by atoms with E-state index in [1.807, 2.05) is 36.4 Å². The first-order valence-corrected chi connectivity index (χ1v) is 17.6. The van der Waals surface area contributed by atoms with Gasteiger partial charge in [0.2, 0.25) is 11.8 Å². The number of methoxy groups -OCH3 is 1. The molecule has 0 unspecified atom stereocenters. The Labute approximate surface area is 308 Å². The maximum atomic E-state index is 15.3. The maximum absolute atomic E-state index is 15.3. The van der Waals surface area contributed by atoms with Crippen LogP contribution in [0, 0.1) is 29.5 Å².